The van der Waals surface area contributed by atoms with Gasteiger partial charge in [-0.3, -0.25) is 9.69 Å². The van der Waals surface area contributed by atoms with Gasteiger partial charge in [0.2, 0.25) is 5.91 Å². The lowest BCUT2D eigenvalue weighted by atomic mass is 10.2. The first-order valence-electron chi connectivity index (χ1n) is 6.58. The van der Waals surface area contributed by atoms with Crippen LogP contribution in [-0.2, 0) is 4.79 Å². The summed E-state index contributed by atoms with van der Waals surface area (Å²) in [6.07, 6.45) is 1.51. The molecule has 0 bridgehead atoms. The number of hydrogen-bond acceptors (Lipinski definition) is 4. The molecule has 1 rings (SSSR count). The maximum atomic E-state index is 12.0. The Balaban J connectivity index is 2.45. The number of likely N-dealkylation sites (N-methyl/N-ethyl adjacent to an activating group) is 2. The van der Waals surface area contributed by atoms with Gasteiger partial charge in [0.25, 0.3) is 0 Å². The highest BCUT2D eigenvalue weighted by Crippen LogP contribution is 2.08. The van der Waals surface area contributed by atoms with Crippen LogP contribution in [0.5, 0.6) is 0 Å². The number of nitriles is 1. The van der Waals surface area contributed by atoms with Crippen molar-refractivity contribution in [3.05, 3.63) is 0 Å². The Morgan fingerprint density at radius 3 is 2.89 bits per heavy atom. The van der Waals surface area contributed by atoms with Gasteiger partial charge in [-0.05, 0) is 26.9 Å². The molecule has 102 valence electrons. The van der Waals surface area contributed by atoms with E-state index >= 15 is 0 Å². The molecule has 0 aliphatic carbocycles. The fourth-order valence-electron chi connectivity index (χ4n) is 2.29. The highest BCUT2D eigenvalue weighted by Gasteiger charge is 2.22. The maximum Gasteiger partial charge on any atom is 0.236 e. The standard InChI is InChI=1S/C13H24N4O/c1-12-10-15(2)7-5-9-17(12)11-13(18)16(3)8-4-6-14/h12H,4-5,7-11H2,1-3H3. The predicted molar refractivity (Wildman–Crippen MR) is 71.0 cm³/mol. The first kappa shape index (κ1) is 14.9. The summed E-state index contributed by atoms with van der Waals surface area (Å²) in [5.41, 5.74) is 0. The second-order valence-electron chi connectivity index (χ2n) is 5.16. The molecule has 0 aromatic carbocycles. The molecule has 0 aromatic rings. The fourth-order valence-corrected chi connectivity index (χ4v) is 2.29. The van der Waals surface area contributed by atoms with E-state index in [-0.39, 0.29) is 5.91 Å². The molecule has 1 fully saturated rings. The second-order valence-corrected chi connectivity index (χ2v) is 5.16. The van der Waals surface area contributed by atoms with Crippen LogP contribution in [0, 0.1) is 11.3 Å². The Morgan fingerprint density at radius 1 is 1.50 bits per heavy atom. The van der Waals surface area contributed by atoms with Crippen LogP contribution < -0.4 is 0 Å². The van der Waals surface area contributed by atoms with Crippen LogP contribution in [0.15, 0.2) is 0 Å². The largest absolute Gasteiger partial charge is 0.344 e. The van der Waals surface area contributed by atoms with Gasteiger partial charge in [0, 0.05) is 32.7 Å². The molecule has 1 saturated heterocycles. The van der Waals surface area contributed by atoms with E-state index in [0.717, 1.165) is 26.1 Å². The molecule has 0 spiro atoms. The second kappa shape index (κ2) is 7.34. The van der Waals surface area contributed by atoms with Gasteiger partial charge >= 0.3 is 0 Å². The van der Waals surface area contributed by atoms with Crippen LogP contribution in [0.3, 0.4) is 0 Å². The van der Waals surface area contributed by atoms with Gasteiger partial charge in [-0.15, -0.1) is 0 Å². The molecule has 1 atom stereocenters. The van der Waals surface area contributed by atoms with Crippen molar-refractivity contribution in [2.24, 2.45) is 0 Å². The van der Waals surface area contributed by atoms with Gasteiger partial charge in [0.1, 0.15) is 0 Å². The minimum atomic E-state index is 0.113. The summed E-state index contributed by atoms with van der Waals surface area (Å²) in [4.78, 5) is 18.2. The molecule has 1 amide bonds. The summed E-state index contributed by atoms with van der Waals surface area (Å²) in [6.45, 7) is 6.25. The number of rotatable bonds is 4. The molecule has 1 aliphatic heterocycles. The van der Waals surface area contributed by atoms with Crippen molar-refractivity contribution >= 4 is 5.91 Å². The molecule has 1 heterocycles. The van der Waals surface area contributed by atoms with Crippen molar-refractivity contribution in [3.63, 3.8) is 0 Å². The summed E-state index contributed by atoms with van der Waals surface area (Å²) in [5, 5.41) is 8.52. The third kappa shape index (κ3) is 4.63. The zero-order valence-electron chi connectivity index (χ0n) is 11.7. The Hall–Kier alpha value is -1.12. The lowest BCUT2D eigenvalue weighted by Gasteiger charge is -2.28. The van der Waals surface area contributed by atoms with Crippen LogP contribution in [0.1, 0.15) is 19.8 Å². The van der Waals surface area contributed by atoms with Gasteiger partial charge < -0.3 is 9.80 Å². The van der Waals surface area contributed by atoms with Crippen LogP contribution in [0.25, 0.3) is 0 Å². The average molecular weight is 252 g/mol. The van der Waals surface area contributed by atoms with E-state index < -0.39 is 0 Å². The van der Waals surface area contributed by atoms with Crippen LogP contribution in [-0.4, -0.2) is 73.5 Å². The Morgan fingerprint density at radius 2 is 2.22 bits per heavy atom. The first-order chi connectivity index (χ1) is 8.54. The van der Waals surface area contributed by atoms with Crippen molar-refractivity contribution in [1.82, 2.24) is 14.7 Å². The van der Waals surface area contributed by atoms with E-state index in [2.05, 4.69) is 29.8 Å². The molecule has 1 unspecified atom stereocenters. The van der Waals surface area contributed by atoms with Gasteiger partial charge in [0.15, 0.2) is 0 Å². The zero-order valence-corrected chi connectivity index (χ0v) is 11.7. The van der Waals surface area contributed by atoms with Gasteiger partial charge in [-0.2, -0.15) is 5.26 Å². The van der Waals surface area contributed by atoms with Gasteiger partial charge in [0.05, 0.1) is 19.0 Å². The Labute approximate surface area is 110 Å². The molecule has 1 aliphatic rings. The molecule has 18 heavy (non-hydrogen) atoms. The van der Waals surface area contributed by atoms with Gasteiger partial charge in [-0.25, -0.2) is 0 Å². The smallest absolute Gasteiger partial charge is 0.236 e. The summed E-state index contributed by atoms with van der Waals surface area (Å²) in [5.74, 6) is 0.113. The number of amides is 1. The summed E-state index contributed by atoms with van der Waals surface area (Å²) in [7, 11) is 3.90. The molecule has 0 radical (unpaired) electrons. The summed E-state index contributed by atoms with van der Waals surface area (Å²) < 4.78 is 0. The normalized spacial score (nSPS) is 22.2. The van der Waals surface area contributed by atoms with Crippen molar-refractivity contribution in [2.75, 3.05) is 46.8 Å². The SMILES string of the molecule is CC1CN(C)CCCN1CC(=O)N(C)CCC#N. The number of carbonyl (C=O) groups excluding carboxylic acids is 1. The van der Waals surface area contributed by atoms with Crippen molar-refractivity contribution in [1.29, 1.82) is 5.26 Å². The van der Waals surface area contributed by atoms with Crippen LogP contribution >= 0.6 is 0 Å². The van der Waals surface area contributed by atoms with Crippen molar-refractivity contribution < 1.29 is 4.79 Å². The Kier molecular flexibility index (Phi) is 6.10. The van der Waals surface area contributed by atoms with Crippen LogP contribution in [0.2, 0.25) is 0 Å². The predicted octanol–water partition coefficient (Wildman–Crippen LogP) is 0.384. The topological polar surface area (TPSA) is 50.6 Å². The van der Waals surface area contributed by atoms with Gasteiger partial charge in [-0.1, -0.05) is 0 Å². The summed E-state index contributed by atoms with van der Waals surface area (Å²) >= 11 is 0. The number of carbonyl (C=O) groups is 1. The highest BCUT2D eigenvalue weighted by molar-refractivity contribution is 5.78. The molecule has 0 aromatic heterocycles. The molecular formula is C13H24N4O. The van der Waals surface area contributed by atoms with E-state index in [1.807, 2.05) is 0 Å². The molecule has 0 N–H and O–H groups in total. The van der Waals surface area contributed by atoms with E-state index in [9.17, 15) is 4.79 Å². The van der Waals surface area contributed by atoms with E-state index in [4.69, 9.17) is 5.26 Å². The third-order valence-electron chi connectivity index (χ3n) is 3.51. The van der Waals surface area contributed by atoms with E-state index in [1.165, 1.54) is 0 Å². The lowest BCUT2D eigenvalue weighted by molar-refractivity contribution is -0.131. The quantitative estimate of drug-likeness (QED) is 0.726. The average Bonchev–Trinajstić information content (AvgIpc) is 2.48. The summed E-state index contributed by atoms with van der Waals surface area (Å²) in [6, 6.07) is 2.48. The van der Waals surface area contributed by atoms with Crippen molar-refractivity contribution in [2.45, 2.75) is 25.8 Å². The fraction of sp³-hybridized carbons (Fsp3) is 0.846. The zero-order chi connectivity index (χ0) is 13.5. The maximum absolute atomic E-state index is 12.0. The lowest BCUT2D eigenvalue weighted by Crippen LogP contribution is -2.44. The number of hydrogen-bond donors (Lipinski definition) is 0. The van der Waals surface area contributed by atoms with E-state index in [1.54, 1.807) is 11.9 Å². The molecular weight excluding hydrogens is 228 g/mol. The minimum Gasteiger partial charge on any atom is -0.344 e. The molecule has 0 saturated carbocycles. The first-order valence-corrected chi connectivity index (χ1v) is 6.58. The minimum absolute atomic E-state index is 0.113. The Bertz CT molecular complexity index is 313. The molecule has 5 heteroatoms. The number of nitrogens with zero attached hydrogens (tertiary/aromatic N) is 4. The van der Waals surface area contributed by atoms with E-state index in [0.29, 0.717) is 25.6 Å². The highest BCUT2D eigenvalue weighted by atomic mass is 16.2. The van der Waals surface area contributed by atoms with Crippen LogP contribution in [0.4, 0.5) is 0 Å². The monoisotopic (exact) mass is 252 g/mol. The van der Waals surface area contributed by atoms with Crippen molar-refractivity contribution in [3.8, 4) is 6.07 Å². The molecule has 5 nitrogen and oxygen atoms in total. The third-order valence-corrected chi connectivity index (χ3v) is 3.51.